The Labute approximate surface area is 169 Å². The molecule has 0 fully saturated rings. The molecule has 0 bridgehead atoms. The van der Waals surface area contributed by atoms with E-state index in [1.807, 2.05) is 54.2 Å². The molecule has 6 nitrogen and oxygen atoms in total. The van der Waals surface area contributed by atoms with Crippen LogP contribution in [-0.4, -0.2) is 28.2 Å². The van der Waals surface area contributed by atoms with Crippen LogP contribution in [0.25, 0.3) is 5.69 Å². The number of carboxylic acids is 1. The first kappa shape index (κ1) is 20.2. The third-order valence-electron chi connectivity index (χ3n) is 4.41. The van der Waals surface area contributed by atoms with Crippen LogP contribution in [0.3, 0.4) is 0 Å². The molecule has 6 heteroatoms. The minimum atomic E-state index is -0.857. The van der Waals surface area contributed by atoms with Crippen LogP contribution in [0, 0.1) is 0 Å². The van der Waals surface area contributed by atoms with Gasteiger partial charge in [-0.25, -0.2) is 0 Å². The summed E-state index contributed by atoms with van der Waals surface area (Å²) in [6.45, 7) is 2.54. The van der Waals surface area contributed by atoms with Gasteiger partial charge >= 0.3 is 5.97 Å². The van der Waals surface area contributed by atoms with E-state index in [0.717, 1.165) is 17.7 Å². The summed E-state index contributed by atoms with van der Waals surface area (Å²) in [6.07, 6.45) is 5.14. The van der Waals surface area contributed by atoms with Crippen molar-refractivity contribution < 1.29 is 19.4 Å². The molecule has 1 aromatic heterocycles. The summed E-state index contributed by atoms with van der Waals surface area (Å²) < 4.78 is 7.70. The summed E-state index contributed by atoms with van der Waals surface area (Å²) in [7, 11) is 0. The lowest BCUT2D eigenvalue weighted by molar-refractivity contribution is -0.136. The zero-order valence-electron chi connectivity index (χ0n) is 16.3. The van der Waals surface area contributed by atoms with Gasteiger partial charge in [-0.05, 0) is 66.9 Å². The largest absolute Gasteiger partial charge is 0.491 e. The van der Waals surface area contributed by atoms with E-state index >= 15 is 0 Å². The van der Waals surface area contributed by atoms with Crippen molar-refractivity contribution in [3.8, 4) is 11.4 Å². The summed E-state index contributed by atoms with van der Waals surface area (Å²) in [6, 6.07) is 16.6. The molecule has 0 unspecified atom stereocenters. The normalized spacial score (nSPS) is 10.5. The maximum absolute atomic E-state index is 12.7. The molecule has 2 aromatic carbocycles. The fourth-order valence-electron chi connectivity index (χ4n) is 2.91. The molecule has 1 amide bonds. The van der Waals surface area contributed by atoms with Crippen molar-refractivity contribution in [3.63, 3.8) is 0 Å². The third-order valence-corrected chi connectivity index (χ3v) is 4.41. The van der Waals surface area contributed by atoms with E-state index < -0.39 is 5.97 Å². The van der Waals surface area contributed by atoms with Gasteiger partial charge in [0.25, 0.3) is 5.91 Å². The van der Waals surface area contributed by atoms with Crippen molar-refractivity contribution in [2.75, 3.05) is 11.9 Å². The summed E-state index contributed by atoms with van der Waals surface area (Å²) in [5.74, 6) is -0.534. The summed E-state index contributed by atoms with van der Waals surface area (Å²) in [5, 5.41) is 11.8. The number of hydrogen-bond donors (Lipinski definition) is 2. The van der Waals surface area contributed by atoms with Crippen molar-refractivity contribution >= 4 is 17.6 Å². The van der Waals surface area contributed by atoms with E-state index in [1.165, 1.54) is 0 Å². The second-order valence-electron chi connectivity index (χ2n) is 6.66. The number of benzene rings is 2. The van der Waals surface area contributed by atoms with Crippen LogP contribution in [0.15, 0.2) is 67.0 Å². The van der Waals surface area contributed by atoms with Gasteiger partial charge in [0, 0.05) is 30.1 Å². The highest BCUT2D eigenvalue weighted by molar-refractivity contribution is 6.05. The molecule has 0 aliphatic heterocycles. The van der Waals surface area contributed by atoms with Gasteiger partial charge in [-0.15, -0.1) is 0 Å². The van der Waals surface area contributed by atoms with Crippen LogP contribution in [-0.2, 0) is 11.2 Å². The number of amides is 1. The van der Waals surface area contributed by atoms with Gasteiger partial charge in [-0.3, -0.25) is 9.59 Å². The zero-order valence-corrected chi connectivity index (χ0v) is 16.3. The van der Waals surface area contributed by atoms with Gasteiger partial charge in [0.1, 0.15) is 5.75 Å². The monoisotopic (exact) mass is 392 g/mol. The Balaban J connectivity index is 1.77. The van der Waals surface area contributed by atoms with E-state index in [9.17, 15) is 9.59 Å². The number of aryl methyl sites for hydroxylation is 1. The molecule has 3 rings (SSSR count). The number of anilines is 1. The Morgan fingerprint density at radius 3 is 2.45 bits per heavy atom. The van der Waals surface area contributed by atoms with Crippen molar-refractivity contribution in [1.82, 2.24) is 4.57 Å². The molecule has 2 N–H and O–H groups in total. The standard InChI is InChI=1S/C23H24N2O4/c1-2-15-29-21-11-5-17(6-12-22(26)27)16-20(21)24-23(28)18-7-9-19(10-8-18)25-13-3-4-14-25/h3-5,7-11,13-14,16H,2,6,12,15H2,1H3,(H,24,28)(H,26,27). The fraction of sp³-hybridized carbons (Fsp3) is 0.217. The Morgan fingerprint density at radius 1 is 1.07 bits per heavy atom. The molecule has 150 valence electrons. The molecule has 0 saturated heterocycles. The molecule has 0 radical (unpaired) electrons. The molecule has 0 spiro atoms. The van der Waals surface area contributed by atoms with E-state index in [-0.39, 0.29) is 12.3 Å². The van der Waals surface area contributed by atoms with Crippen molar-refractivity contribution in [3.05, 3.63) is 78.1 Å². The number of hydrogen-bond acceptors (Lipinski definition) is 3. The number of nitrogens with one attached hydrogen (secondary N) is 1. The molecular weight excluding hydrogens is 368 g/mol. The summed E-state index contributed by atoms with van der Waals surface area (Å²) in [4.78, 5) is 23.6. The third kappa shape index (κ3) is 5.48. The first-order valence-electron chi connectivity index (χ1n) is 9.59. The predicted molar refractivity (Wildman–Crippen MR) is 112 cm³/mol. The molecule has 0 aliphatic carbocycles. The van der Waals surface area contributed by atoms with Gasteiger partial charge in [-0.2, -0.15) is 0 Å². The highest BCUT2D eigenvalue weighted by atomic mass is 16.5. The van der Waals surface area contributed by atoms with E-state index in [0.29, 0.717) is 30.0 Å². The van der Waals surface area contributed by atoms with Gasteiger partial charge in [0.2, 0.25) is 0 Å². The average molecular weight is 392 g/mol. The number of aliphatic carboxylic acids is 1. The number of nitrogens with zero attached hydrogens (tertiary/aromatic N) is 1. The highest BCUT2D eigenvalue weighted by Crippen LogP contribution is 2.27. The van der Waals surface area contributed by atoms with Gasteiger partial charge in [0.05, 0.1) is 12.3 Å². The predicted octanol–water partition coefficient (Wildman–Crippen LogP) is 4.54. The first-order valence-corrected chi connectivity index (χ1v) is 9.59. The van der Waals surface area contributed by atoms with E-state index in [2.05, 4.69) is 5.32 Å². The SMILES string of the molecule is CCCOc1ccc(CCC(=O)O)cc1NC(=O)c1ccc(-n2cccc2)cc1. The molecule has 0 aliphatic rings. The number of carbonyl (C=O) groups is 2. The first-order chi connectivity index (χ1) is 14.1. The lowest BCUT2D eigenvalue weighted by Gasteiger charge is -2.14. The van der Waals surface area contributed by atoms with Gasteiger partial charge < -0.3 is 19.7 Å². The molecule has 0 saturated carbocycles. The Morgan fingerprint density at radius 2 is 1.79 bits per heavy atom. The lowest BCUT2D eigenvalue weighted by atomic mass is 10.1. The fourth-order valence-corrected chi connectivity index (χ4v) is 2.91. The number of rotatable bonds is 9. The second kappa shape index (κ2) is 9.59. The molecule has 3 aromatic rings. The van der Waals surface area contributed by atoms with Crippen LogP contribution in [0.2, 0.25) is 0 Å². The molecule has 1 heterocycles. The molecule has 29 heavy (non-hydrogen) atoms. The lowest BCUT2D eigenvalue weighted by Crippen LogP contribution is -2.13. The number of ether oxygens (including phenoxy) is 1. The van der Waals surface area contributed by atoms with Gasteiger partial charge in [-0.1, -0.05) is 13.0 Å². The Hall–Kier alpha value is -3.54. The van der Waals surface area contributed by atoms with E-state index in [4.69, 9.17) is 9.84 Å². The Kier molecular flexibility index (Phi) is 6.68. The van der Waals surface area contributed by atoms with Crippen LogP contribution in [0.4, 0.5) is 5.69 Å². The van der Waals surface area contributed by atoms with Crippen molar-refractivity contribution in [1.29, 1.82) is 0 Å². The highest BCUT2D eigenvalue weighted by Gasteiger charge is 2.12. The van der Waals surface area contributed by atoms with E-state index in [1.54, 1.807) is 24.3 Å². The average Bonchev–Trinajstić information content (AvgIpc) is 3.26. The number of carboxylic acid groups (broad SMARTS) is 1. The van der Waals surface area contributed by atoms with Crippen LogP contribution < -0.4 is 10.1 Å². The maximum Gasteiger partial charge on any atom is 0.303 e. The smallest absolute Gasteiger partial charge is 0.303 e. The van der Waals surface area contributed by atoms with Crippen LogP contribution in [0.1, 0.15) is 35.7 Å². The quantitative estimate of drug-likeness (QED) is 0.560. The van der Waals surface area contributed by atoms with Crippen LogP contribution >= 0.6 is 0 Å². The van der Waals surface area contributed by atoms with Crippen LogP contribution in [0.5, 0.6) is 5.75 Å². The summed E-state index contributed by atoms with van der Waals surface area (Å²) in [5.41, 5.74) is 2.86. The minimum Gasteiger partial charge on any atom is -0.491 e. The molecule has 0 atom stereocenters. The minimum absolute atomic E-state index is 0.0312. The second-order valence-corrected chi connectivity index (χ2v) is 6.66. The number of carbonyl (C=O) groups excluding carboxylic acids is 1. The zero-order chi connectivity index (χ0) is 20.6. The van der Waals surface area contributed by atoms with Crippen molar-refractivity contribution in [2.45, 2.75) is 26.2 Å². The number of aromatic nitrogens is 1. The topological polar surface area (TPSA) is 80.6 Å². The molecular formula is C23H24N2O4. The maximum atomic E-state index is 12.7. The Bertz CT molecular complexity index is 963. The van der Waals surface area contributed by atoms with Crippen molar-refractivity contribution in [2.24, 2.45) is 0 Å². The summed E-state index contributed by atoms with van der Waals surface area (Å²) >= 11 is 0. The van der Waals surface area contributed by atoms with Gasteiger partial charge in [0.15, 0.2) is 0 Å².